The zero-order valence-corrected chi connectivity index (χ0v) is 14.5. The zero-order valence-electron chi connectivity index (χ0n) is 13.7. The summed E-state index contributed by atoms with van der Waals surface area (Å²) in [5, 5.41) is 3.81. The first kappa shape index (κ1) is 19.8. The standard InChI is InChI=1S/C17H21F3N4.ClH/c18-17(19,20)12-24-9-13(7-22-24)8-23-10-15(6-21)16(11-23)14-4-2-1-3-5-14;/h1-5,7,9,15-16H,6,8,10-12,21H2;1H/t15-,16+;/m1./s1. The van der Waals surface area contributed by atoms with Gasteiger partial charge in [0.25, 0.3) is 0 Å². The van der Waals surface area contributed by atoms with Crippen LogP contribution < -0.4 is 5.73 Å². The van der Waals surface area contributed by atoms with E-state index in [0.29, 0.717) is 24.9 Å². The lowest BCUT2D eigenvalue weighted by atomic mass is 9.89. The zero-order chi connectivity index (χ0) is 17.2. The molecule has 138 valence electrons. The molecule has 1 aromatic carbocycles. The molecule has 0 spiro atoms. The van der Waals surface area contributed by atoms with E-state index >= 15 is 0 Å². The van der Waals surface area contributed by atoms with Gasteiger partial charge in [-0.15, -0.1) is 12.4 Å². The SMILES string of the molecule is Cl.NC[C@@H]1CN(Cc2cnn(CC(F)(F)F)c2)C[C@H]1c1ccccc1. The Labute approximate surface area is 151 Å². The number of nitrogens with two attached hydrogens (primary N) is 1. The Morgan fingerprint density at radius 3 is 2.52 bits per heavy atom. The number of hydrogen-bond acceptors (Lipinski definition) is 3. The molecule has 8 heteroatoms. The molecule has 2 aromatic rings. The van der Waals surface area contributed by atoms with E-state index in [-0.39, 0.29) is 12.4 Å². The minimum Gasteiger partial charge on any atom is -0.330 e. The number of halogens is 4. The van der Waals surface area contributed by atoms with Gasteiger partial charge in [0.15, 0.2) is 0 Å². The summed E-state index contributed by atoms with van der Waals surface area (Å²) in [6, 6.07) is 10.2. The molecule has 2 atom stereocenters. The molecule has 0 unspecified atom stereocenters. The molecule has 2 heterocycles. The lowest BCUT2D eigenvalue weighted by Crippen LogP contribution is -2.23. The van der Waals surface area contributed by atoms with E-state index in [2.05, 4.69) is 22.1 Å². The predicted molar refractivity (Wildman–Crippen MR) is 92.5 cm³/mol. The Kier molecular flexibility index (Phi) is 6.48. The quantitative estimate of drug-likeness (QED) is 0.875. The van der Waals surface area contributed by atoms with Crippen molar-refractivity contribution >= 4 is 12.4 Å². The highest BCUT2D eigenvalue weighted by Gasteiger charge is 2.33. The highest BCUT2D eigenvalue weighted by Crippen LogP contribution is 2.32. The third-order valence-corrected chi connectivity index (χ3v) is 4.48. The van der Waals surface area contributed by atoms with E-state index in [1.54, 1.807) is 0 Å². The number of hydrogen-bond donors (Lipinski definition) is 1. The molecule has 1 aliphatic heterocycles. The molecule has 0 bridgehead atoms. The number of aromatic nitrogens is 2. The second-order valence-corrected chi connectivity index (χ2v) is 6.37. The van der Waals surface area contributed by atoms with Crippen molar-refractivity contribution in [2.45, 2.75) is 25.2 Å². The number of benzene rings is 1. The van der Waals surface area contributed by atoms with Gasteiger partial charge in [-0.05, 0) is 18.0 Å². The summed E-state index contributed by atoms with van der Waals surface area (Å²) in [5.74, 6) is 0.721. The van der Waals surface area contributed by atoms with Gasteiger partial charge in [-0.25, -0.2) is 0 Å². The van der Waals surface area contributed by atoms with Crippen molar-refractivity contribution in [3.63, 3.8) is 0 Å². The highest BCUT2D eigenvalue weighted by atomic mass is 35.5. The van der Waals surface area contributed by atoms with E-state index in [1.165, 1.54) is 18.0 Å². The van der Waals surface area contributed by atoms with Crippen molar-refractivity contribution < 1.29 is 13.2 Å². The van der Waals surface area contributed by atoms with Crippen LogP contribution >= 0.6 is 12.4 Å². The Morgan fingerprint density at radius 2 is 1.88 bits per heavy atom. The van der Waals surface area contributed by atoms with Crippen LogP contribution in [0.4, 0.5) is 13.2 Å². The van der Waals surface area contributed by atoms with Crippen LogP contribution in [-0.2, 0) is 13.1 Å². The molecule has 0 amide bonds. The second kappa shape index (κ2) is 8.21. The van der Waals surface area contributed by atoms with Gasteiger partial charge >= 0.3 is 6.18 Å². The molecule has 1 aliphatic rings. The molecule has 1 saturated heterocycles. The third-order valence-electron chi connectivity index (χ3n) is 4.48. The van der Waals surface area contributed by atoms with Gasteiger partial charge in [-0.3, -0.25) is 9.58 Å². The number of nitrogens with zero attached hydrogens (tertiary/aromatic N) is 3. The van der Waals surface area contributed by atoms with Crippen molar-refractivity contribution in [2.75, 3.05) is 19.6 Å². The minimum absolute atomic E-state index is 0. The van der Waals surface area contributed by atoms with Gasteiger partial charge in [0.2, 0.25) is 0 Å². The number of alkyl halides is 3. The third kappa shape index (κ3) is 5.20. The van der Waals surface area contributed by atoms with Gasteiger partial charge in [-0.2, -0.15) is 18.3 Å². The van der Waals surface area contributed by atoms with E-state index in [0.717, 1.165) is 23.3 Å². The molecular formula is C17H22ClF3N4. The lowest BCUT2D eigenvalue weighted by molar-refractivity contribution is -0.142. The van der Waals surface area contributed by atoms with Crippen molar-refractivity contribution in [1.82, 2.24) is 14.7 Å². The van der Waals surface area contributed by atoms with E-state index in [9.17, 15) is 13.2 Å². The van der Waals surface area contributed by atoms with Crippen molar-refractivity contribution in [3.05, 3.63) is 53.9 Å². The average Bonchev–Trinajstić information content (AvgIpc) is 3.13. The van der Waals surface area contributed by atoms with Crippen LogP contribution in [-0.4, -0.2) is 40.5 Å². The fourth-order valence-corrected chi connectivity index (χ4v) is 3.42. The Bertz CT molecular complexity index is 659. The maximum absolute atomic E-state index is 12.4. The fraction of sp³-hybridized carbons (Fsp3) is 0.471. The molecule has 4 nitrogen and oxygen atoms in total. The van der Waals surface area contributed by atoms with E-state index in [1.807, 2.05) is 18.2 Å². The molecule has 1 fully saturated rings. The number of rotatable bonds is 5. The first-order chi connectivity index (χ1) is 11.4. The Morgan fingerprint density at radius 1 is 1.16 bits per heavy atom. The van der Waals surface area contributed by atoms with Gasteiger partial charge in [0.05, 0.1) is 6.20 Å². The van der Waals surface area contributed by atoms with Crippen molar-refractivity contribution in [3.8, 4) is 0 Å². The summed E-state index contributed by atoms with van der Waals surface area (Å²) in [6.45, 7) is 1.85. The van der Waals surface area contributed by atoms with E-state index < -0.39 is 12.7 Å². The molecule has 25 heavy (non-hydrogen) atoms. The monoisotopic (exact) mass is 374 g/mol. The summed E-state index contributed by atoms with van der Waals surface area (Å²) < 4.78 is 38.2. The molecule has 0 radical (unpaired) electrons. The Hall–Kier alpha value is -1.57. The summed E-state index contributed by atoms with van der Waals surface area (Å²) in [4.78, 5) is 2.24. The topological polar surface area (TPSA) is 47.1 Å². The van der Waals surface area contributed by atoms with Crippen LogP contribution in [0.25, 0.3) is 0 Å². The molecule has 3 rings (SSSR count). The molecular weight excluding hydrogens is 353 g/mol. The van der Waals surface area contributed by atoms with Crippen LogP contribution in [0, 0.1) is 5.92 Å². The fourth-order valence-electron chi connectivity index (χ4n) is 3.42. The first-order valence-corrected chi connectivity index (χ1v) is 8.00. The van der Waals surface area contributed by atoms with Crippen LogP contribution in [0.3, 0.4) is 0 Å². The molecule has 0 saturated carbocycles. The first-order valence-electron chi connectivity index (χ1n) is 8.00. The maximum atomic E-state index is 12.4. The van der Waals surface area contributed by atoms with Crippen molar-refractivity contribution in [1.29, 1.82) is 0 Å². The summed E-state index contributed by atoms with van der Waals surface area (Å²) in [6.07, 6.45) is -1.26. The molecule has 2 N–H and O–H groups in total. The average molecular weight is 375 g/mol. The molecule has 0 aliphatic carbocycles. The number of likely N-dealkylation sites (tertiary alicyclic amines) is 1. The van der Waals surface area contributed by atoms with Crippen LogP contribution in [0.1, 0.15) is 17.0 Å². The predicted octanol–water partition coefficient (Wildman–Crippen LogP) is 3.04. The lowest BCUT2D eigenvalue weighted by Gasteiger charge is -2.16. The van der Waals surface area contributed by atoms with Crippen molar-refractivity contribution in [2.24, 2.45) is 11.7 Å². The summed E-state index contributed by atoms with van der Waals surface area (Å²) in [7, 11) is 0. The van der Waals surface area contributed by atoms with Gasteiger partial charge < -0.3 is 5.73 Å². The van der Waals surface area contributed by atoms with Crippen LogP contribution in [0.5, 0.6) is 0 Å². The van der Waals surface area contributed by atoms with Crippen LogP contribution in [0.15, 0.2) is 42.7 Å². The van der Waals surface area contributed by atoms with E-state index in [4.69, 9.17) is 5.73 Å². The Balaban J connectivity index is 0.00000225. The van der Waals surface area contributed by atoms with Gasteiger partial charge in [0, 0.05) is 37.3 Å². The van der Waals surface area contributed by atoms with Crippen LogP contribution in [0.2, 0.25) is 0 Å². The molecule has 1 aromatic heterocycles. The smallest absolute Gasteiger partial charge is 0.330 e. The second-order valence-electron chi connectivity index (χ2n) is 6.37. The highest BCUT2D eigenvalue weighted by molar-refractivity contribution is 5.85. The normalized spacial score (nSPS) is 21.3. The summed E-state index contributed by atoms with van der Waals surface area (Å²) >= 11 is 0. The van der Waals surface area contributed by atoms with Gasteiger partial charge in [-0.1, -0.05) is 30.3 Å². The van der Waals surface area contributed by atoms with Gasteiger partial charge in [0.1, 0.15) is 6.54 Å². The summed E-state index contributed by atoms with van der Waals surface area (Å²) in [5.41, 5.74) is 7.98. The minimum atomic E-state index is -4.25. The largest absolute Gasteiger partial charge is 0.408 e. The maximum Gasteiger partial charge on any atom is 0.408 e.